The highest BCUT2D eigenvalue weighted by atomic mass is 15.1. The summed E-state index contributed by atoms with van der Waals surface area (Å²) in [5, 5.41) is 7.85. The first-order valence-electron chi connectivity index (χ1n) is 13.4. The maximum absolute atomic E-state index is 7.85. The number of nitrogens with zero attached hydrogens (tertiary/aromatic N) is 2. The Hall–Kier alpha value is -2.52. The summed E-state index contributed by atoms with van der Waals surface area (Å²) in [6, 6.07) is 6.39. The summed E-state index contributed by atoms with van der Waals surface area (Å²) in [5.41, 5.74) is 11.0. The Labute approximate surface area is 213 Å². The number of hydrogen-bond acceptors (Lipinski definition) is 3. The molecule has 3 nitrogen and oxygen atoms in total. The quantitative estimate of drug-likeness (QED) is 0.286. The molecule has 1 aliphatic carbocycles. The van der Waals surface area contributed by atoms with E-state index in [-0.39, 0.29) is 0 Å². The average Bonchev–Trinajstić information content (AvgIpc) is 3.71. The minimum atomic E-state index is 0.367. The van der Waals surface area contributed by atoms with Gasteiger partial charge in [-0.25, -0.2) is 0 Å². The number of hydrogen-bond donors (Lipinski definition) is 1. The van der Waals surface area contributed by atoms with E-state index in [9.17, 15) is 0 Å². The molecule has 1 aromatic rings. The number of piperidine rings is 1. The van der Waals surface area contributed by atoms with Crippen molar-refractivity contribution in [1.29, 1.82) is 5.41 Å². The molecule has 1 aliphatic heterocycles. The molecule has 1 unspecified atom stereocenters. The molecule has 1 aromatic carbocycles. The van der Waals surface area contributed by atoms with Crippen molar-refractivity contribution in [2.75, 3.05) is 20.1 Å². The van der Waals surface area contributed by atoms with Crippen LogP contribution in [0.25, 0.3) is 5.70 Å². The first kappa shape index (κ1) is 27.1. The number of allylic oxidation sites excluding steroid dienone is 7. The lowest BCUT2D eigenvalue weighted by atomic mass is 9.86. The fourth-order valence-corrected chi connectivity index (χ4v) is 4.91. The fourth-order valence-electron chi connectivity index (χ4n) is 4.91. The molecule has 35 heavy (non-hydrogen) atoms. The topological polar surface area (TPSA) is 39.5 Å². The van der Waals surface area contributed by atoms with Crippen molar-refractivity contribution < 1.29 is 0 Å². The maximum atomic E-state index is 7.85. The van der Waals surface area contributed by atoms with E-state index in [0.717, 1.165) is 28.8 Å². The van der Waals surface area contributed by atoms with Crippen molar-refractivity contribution in [2.45, 2.75) is 73.6 Å². The van der Waals surface area contributed by atoms with Crippen LogP contribution in [0.2, 0.25) is 0 Å². The summed E-state index contributed by atoms with van der Waals surface area (Å²) in [6.45, 7) is 15.6. The second-order valence-corrected chi connectivity index (χ2v) is 10.5. The van der Waals surface area contributed by atoms with Gasteiger partial charge in [-0.15, -0.1) is 0 Å². The van der Waals surface area contributed by atoms with E-state index in [0.29, 0.717) is 11.8 Å². The van der Waals surface area contributed by atoms with Gasteiger partial charge in [-0.3, -0.25) is 4.99 Å². The van der Waals surface area contributed by atoms with E-state index in [2.05, 4.69) is 89.9 Å². The van der Waals surface area contributed by atoms with Gasteiger partial charge in [-0.2, -0.15) is 0 Å². The molecule has 2 aliphatic rings. The normalized spacial score (nSPS) is 19.7. The molecule has 3 rings (SSSR count). The van der Waals surface area contributed by atoms with Crippen LogP contribution in [-0.2, 0) is 0 Å². The second kappa shape index (κ2) is 12.4. The van der Waals surface area contributed by atoms with Crippen LogP contribution >= 0.6 is 0 Å². The molecule has 188 valence electrons. The SMILES string of the molecule is C\C=C(/C=C(C)\C(=N\C(=C/C(C)=C1CC1)c1ccc(C)c(C=N)c1)C(C)CC)C1CCN(C)CC1. The average molecular weight is 472 g/mol. The summed E-state index contributed by atoms with van der Waals surface area (Å²) in [7, 11) is 2.22. The minimum absolute atomic E-state index is 0.367. The molecule has 0 amide bonds. The summed E-state index contributed by atoms with van der Waals surface area (Å²) in [6.07, 6.45) is 14.3. The van der Waals surface area contributed by atoms with Gasteiger partial charge in [0.25, 0.3) is 0 Å². The number of nitrogens with one attached hydrogen (secondary N) is 1. The van der Waals surface area contributed by atoms with Crippen molar-refractivity contribution in [3.05, 3.63) is 75.4 Å². The van der Waals surface area contributed by atoms with Gasteiger partial charge in [0.2, 0.25) is 0 Å². The van der Waals surface area contributed by atoms with Crippen molar-refractivity contribution in [3.8, 4) is 0 Å². The highest BCUT2D eigenvalue weighted by Crippen LogP contribution is 2.34. The Kier molecular flexibility index (Phi) is 9.63. The van der Waals surface area contributed by atoms with E-state index in [1.165, 1.54) is 73.0 Å². The Bertz CT molecular complexity index is 1070. The molecular weight excluding hydrogens is 426 g/mol. The van der Waals surface area contributed by atoms with Crippen LogP contribution in [0.5, 0.6) is 0 Å². The molecule has 2 fully saturated rings. The number of benzene rings is 1. The lowest BCUT2D eigenvalue weighted by Gasteiger charge is -2.30. The second-order valence-electron chi connectivity index (χ2n) is 10.5. The first-order valence-corrected chi connectivity index (χ1v) is 13.4. The summed E-state index contributed by atoms with van der Waals surface area (Å²) in [5.74, 6) is 1.00. The zero-order valence-electron chi connectivity index (χ0n) is 23.0. The predicted octanol–water partition coefficient (Wildman–Crippen LogP) is 8.17. The Balaban J connectivity index is 2.06. The van der Waals surface area contributed by atoms with Gasteiger partial charge in [0, 0.05) is 17.5 Å². The van der Waals surface area contributed by atoms with E-state index >= 15 is 0 Å². The fraction of sp³-hybridized carbons (Fsp3) is 0.500. The van der Waals surface area contributed by atoms with Crippen molar-refractivity contribution >= 4 is 17.6 Å². The Morgan fingerprint density at radius 1 is 1.17 bits per heavy atom. The Morgan fingerprint density at radius 3 is 2.43 bits per heavy atom. The summed E-state index contributed by atoms with van der Waals surface area (Å²) >= 11 is 0. The van der Waals surface area contributed by atoms with Crippen LogP contribution in [-0.4, -0.2) is 37.0 Å². The first-order chi connectivity index (χ1) is 16.8. The van der Waals surface area contributed by atoms with Gasteiger partial charge >= 0.3 is 0 Å². The van der Waals surface area contributed by atoms with Crippen LogP contribution in [0.3, 0.4) is 0 Å². The molecule has 0 spiro atoms. The third kappa shape index (κ3) is 7.24. The van der Waals surface area contributed by atoms with Gasteiger partial charge in [-0.1, -0.05) is 43.7 Å². The number of rotatable bonds is 9. The van der Waals surface area contributed by atoms with Gasteiger partial charge < -0.3 is 10.3 Å². The molecule has 0 bridgehead atoms. The van der Waals surface area contributed by atoms with E-state index < -0.39 is 0 Å². The highest BCUT2D eigenvalue weighted by Gasteiger charge is 2.21. The van der Waals surface area contributed by atoms with E-state index in [4.69, 9.17) is 10.4 Å². The molecule has 0 radical (unpaired) electrons. The van der Waals surface area contributed by atoms with Crippen LogP contribution < -0.4 is 0 Å². The van der Waals surface area contributed by atoms with Crippen LogP contribution in [0, 0.1) is 24.2 Å². The molecular formula is C32H45N3. The van der Waals surface area contributed by atoms with Gasteiger partial charge in [-0.05, 0) is 132 Å². The third-order valence-electron chi connectivity index (χ3n) is 7.77. The van der Waals surface area contributed by atoms with E-state index in [1.807, 2.05) is 0 Å². The molecule has 1 saturated heterocycles. The number of aryl methyl sites for hydroxylation is 1. The lowest BCUT2D eigenvalue weighted by molar-refractivity contribution is 0.240. The standard InChI is InChI=1S/C32H45N3/c1-8-22(3)32(25(6)18-26(9-2)28-14-16-35(7)17-15-28)34-31(19-24(5)27-12-13-27)29-11-10-23(4)30(20-29)21-33/h9-11,18-22,28,33H,8,12-17H2,1-7H3/b25-18-,26-9+,31-19-,33-21?,34-32+. The molecule has 0 aromatic heterocycles. The largest absolute Gasteiger partial charge is 0.308 e. The molecule has 1 N–H and O–H groups in total. The molecule has 1 saturated carbocycles. The minimum Gasteiger partial charge on any atom is -0.308 e. The molecule has 3 heteroatoms. The van der Waals surface area contributed by atoms with Crippen molar-refractivity contribution in [1.82, 2.24) is 4.90 Å². The predicted molar refractivity (Wildman–Crippen MR) is 154 cm³/mol. The molecule has 1 heterocycles. The Morgan fingerprint density at radius 2 is 1.86 bits per heavy atom. The number of likely N-dealkylation sites (tertiary alicyclic amines) is 1. The summed E-state index contributed by atoms with van der Waals surface area (Å²) < 4.78 is 0. The zero-order chi connectivity index (χ0) is 25.5. The van der Waals surface area contributed by atoms with Crippen LogP contribution in [0.4, 0.5) is 0 Å². The zero-order valence-corrected chi connectivity index (χ0v) is 23.0. The smallest absolute Gasteiger partial charge is 0.0708 e. The van der Waals surface area contributed by atoms with Crippen molar-refractivity contribution in [3.63, 3.8) is 0 Å². The maximum Gasteiger partial charge on any atom is 0.0708 e. The van der Waals surface area contributed by atoms with Crippen LogP contribution in [0.1, 0.15) is 83.4 Å². The van der Waals surface area contributed by atoms with Crippen molar-refractivity contribution in [2.24, 2.45) is 16.8 Å². The van der Waals surface area contributed by atoms with E-state index in [1.54, 1.807) is 0 Å². The monoisotopic (exact) mass is 471 g/mol. The van der Waals surface area contributed by atoms with Gasteiger partial charge in [0.15, 0.2) is 0 Å². The third-order valence-corrected chi connectivity index (χ3v) is 7.77. The van der Waals surface area contributed by atoms with Crippen LogP contribution in [0.15, 0.2) is 63.7 Å². The highest BCUT2D eigenvalue weighted by molar-refractivity contribution is 6.04. The summed E-state index contributed by atoms with van der Waals surface area (Å²) in [4.78, 5) is 7.82. The number of aliphatic imine (C=N–C) groups is 1. The lowest BCUT2D eigenvalue weighted by Crippen LogP contribution is -2.30. The molecule has 1 atom stereocenters. The van der Waals surface area contributed by atoms with Gasteiger partial charge in [0.05, 0.1) is 5.70 Å². The van der Waals surface area contributed by atoms with Gasteiger partial charge in [0.1, 0.15) is 0 Å².